The molecule has 0 aliphatic carbocycles. The van der Waals surface area contributed by atoms with Gasteiger partial charge in [-0.25, -0.2) is 9.37 Å². The van der Waals surface area contributed by atoms with Crippen LogP contribution in [0.1, 0.15) is 21.9 Å². The number of para-hydroxylation sites is 1. The van der Waals surface area contributed by atoms with E-state index in [1.165, 1.54) is 27.2 Å². The lowest BCUT2D eigenvalue weighted by atomic mass is 10.2. The maximum Gasteiger partial charge on any atom is 0.273 e. The van der Waals surface area contributed by atoms with Crippen molar-refractivity contribution < 1.29 is 14.0 Å². The van der Waals surface area contributed by atoms with Gasteiger partial charge in [0.1, 0.15) is 17.6 Å². The largest absolute Gasteiger partial charge is 0.330 e. The minimum Gasteiger partial charge on any atom is -0.330 e. The van der Waals surface area contributed by atoms with Gasteiger partial charge in [0.15, 0.2) is 0 Å². The van der Waals surface area contributed by atoms with Crippen LogP contribution in [0.3, 0.4) is 0 Å². The molecule has 6 nitrogen and oxygen atoms in total. The van der Waals surface area contributed by atoms with Crippen LogP contribution in [-0.4, -0.2) is 47.9 Å². The third-order valence-electron chi connectivity index (χ3n) is 4.24. The van der Waals surface area contributed by atoms with Crippen LogP contribution < -0.4 is 10.6 Å². The molecule has 1 aromatic heterocycles. The van der Waals surface area contributed by atoms with E-state index in [1.54, 1.807) is 30.6 Å². The molecule has 2 heterocycles. The minimum atomic E-state index is -0.619. The van der Waals surface area contributed by atoms with E-state index in [0.29, 0.717) is 31.6 Å². The van der Waals surface area contributed by atoms with Gasteiger partial charge in [-0.05, 0) is 25.1 Å². The van der Waals surface area contributed by atoms with Gasteiger partial charge in [-0.15, -0.1) is 23.7 Å². The van der Waals surface area contributed by atoms with Gasteiger partial charge < -0.3 is 15.5 Å². The molecule has 1 aliphatic rings. The summed E-state index contributed by atoms with van der Waals surface area (Å²) in [5.74, 6) is -1.04. The summed E-state index contributed by atoms with van der Waals surface area (Å²) in [6, 6.07) is 5.53. The first-order valence-electron chi connectivity index (χ1n) is 8.00. The van der Waals surface area contributed by atoms with Crippen molar-refractivity contribution in [3.05, 3.63) is 46.2 Å². The Labute approximate surface area is 161 Å². The van der Waals surface area contributed by atoms with Crippen molar-refractivity contribution in [1.82, 2.24) is 9.88 Å². The van der Waals surface area contributed by atoms with Gasteiger partial charge in [0.2, 0.25) is 5.91 Å². The molecule has 1 fully saturated rings. The fourth-order valence-corrected chi connectivity index (χ4v) is 3.69. The summed E-state index contributed by atoms with van der Waals surface area (Å²) in [6.07, 6.45) is 1.07. The Morgan fingerprint density at radius 1 is 1.46 bits per heavy atom. The fourth-order valence-electron chi connectivity index (χ4n) is 2.90. The molecule has 2 aromatic rings. The molecule has 140 valence electrons. The van der Waals surface area contributed by atoms with E-state index >= 15 is 0 Å². The second kappa shape index (κ2) is 8.57. The Morgan fingerprint density at radius 2 is 2.19 bits per heavy atom. The van der Waals surface area contributed by atoms with Crippen LogP contribution in [0.25, 0.3) is 0 Å². The molecule has 9 heteroatoms. The van der Waals surface area contributed by atoms with E-state index in [1.807, 2.05) is 0 Å². The first-order valence-corrected chi connectivity index (χ1v) is 8.88. The first-order chi connectivity index (χ1) is 12.0. The van der Waals surface area contributed by atoms with Crippen LogP contribution in [0.5, 0.6) is 0 Å². The number of halogens is 2. The molecule has 26 heavy (non-hydrogen) atoms. The quantitative estimate of drug-likeness (QED) is 0.836. The highest BCUT2D eigenvalue weighted by molar-refractivity contribution is 7.09. The highest BCUT2D eigenvalue weighted by atomic mass is 35.5. The summed E-state index contributed by atoms with van der Waals surface area (Å²) in [4.78, 5) is 32.3. The predicted octanol–water partition coefficient (Wildman–Crippen LogP) is 2.08. The molecule has 1 aliphatic heterocycles. The van der Waals surface area contributed by atoms with Crippen LogP contribution >= 0.6 is 23.7 Å². The smallest absolute Gasteiger partial charge is 0.273 e. The average molecular weight is 399 g/mol. The first kappa shape index (κ1) is 20.3. The zero-order valence-electron chi connectivity index (χ0n) is 14.2. The van der Waals surface area contributed by atoms with E-state index in [9.17, 15) is 14.0 Å². The van der Waals surface area contributed by atoms with Gasteiger partial charge >= 0.3 is 0 Å². The van der Waals surface area contributed by atoms with Crippen molar-refractivity contribution in [2.45, 2.75) is 18.9 Å². The van der Waals surface area contributed by atoms with E-state index < -0.39 is 11.9 Å². The zero-order chi connectivity index (χ0) is 18.0. The number of benzene rings is 1. The Balaban J connectivity index is 0.00000243. The zero-order valence-corrected chi connectivity index (χ0v) is 15.9. The topological polar surface area (TPSA) is 79.5 Å². The predicted molar refractivity (Wildman–Crippen MR) is 101 cm³/mol. The van der Waals surface area contributed by atoms with Gasteiger partial charge in [0, 0.05) is 25.4 Å². The molecule has 2 amide bonds. The molecular formula is C17H20ClFN4O2S. The van der Waals surface area contributed by atoms with Crippen LogP contribution in [0.15, 0.2) is 29.6 Å². The van der Waals surface area contributed by atoms with Gasteiger partial charge in [-0.2, -0.15) is 0 Å². The lowest BCUT2D eigenvalue weighted by Gasteiger charge is -2.23. The van der Waals surface area contributed by atoms with E-state index in [0.717, 1.165) is 5.01 Å². The Morgan fingerprint density at radius 3 is 2.88 bits per heavy atom. The highest BCUT2D eigenvalue weighted by Crippen LogP contribution is 2.27. The van der Waals surface area contributed by atoms with Crippen molar-refractivity contribution in [1.29, 1.82) is 0 Å². The summed E-state index contributed by atoms with van der Waals surface area (Å²) in [7, 11) is 1.58. The Kier molecular flexibility index (Phi) is 6.69. The number of nitrogens with two attached hydrogens (primary N) is 1. The third kappa shape index (κ3) is 3.87. The molecule has 1 unspecified atom stereocenters. The minimum absolute atomic E-state index is 0. The van der Waals surface area contributed by atoms with Crippen LogP contribution in [0.4, 0.5) is 10.1 Å². The van der Waals surface area contributed by atoms with Crippen LogP contribution in [0.2, 0.25) is 0 Å². The lowest BCUT2D eigenvalue weighted by Crippen LogP contribution is -2.43. The molecule has 3 rings (SSSR count). The molecule has 0 bridgehead atoms. The highest BCUT2D eigenvalue weighted by Gasteiger charge is 2.38. The van der Waals surface area contributed by atoms with Gasteiger partial charge in [-0.1, -0.05) is 12.1 Å². The summed E-state index contributed by atoms with van der Waals surface area (Å²) in [5.41, 5.74) is 6.05. The van der Waals surface area contributed by atoms with Crippen molar-refractivity contribution in [2.24, 2.45) is 5.73 Å². The van der Waals surface area contributed by atoms with Crippen molar-refractivity contribution in [2.75, 3.05) is 25.0 Å². The van der Waals surface area contributed by atoms with Crippen molar-refractivity contribution in [3.63, 3.8) is 0 Å². The number of carbonyl (C=O) groups excluding carboxylic acids is 2. The normalized spacial score (nSPS) is 16.5. The Bertz CT molecular complexity index is 801. The average Bonchev–Trinajstić information content (AvgIpc) is 3.21. The number of nitrogens with zero attached hydrogens (tertiary/aromatic N) is 3. The van der Waals surface area contributed by atoms with Crippen LogP contribution in [0, 0.1) is 5.82 Å². The molecule has 2 N–H and O–H groups in total. The van der Waals surface area contributed by atoms with Gasteiger partial charge in [0.25, 0.3) is 5.91 Å². The summed E-state index contributed by atoms with van der Waals surface area (Å²) in [6.45, 7) is 0.841. The fraction of sp³-hybridized carbons (Fsp3) is 0.353. The summed E-state index contributed by atoms with van der Waals surface area (Å²) in [5, 5.41) is 2.47. The maximum absolute atomic E-state index is 13.9. The van der Waals surface area contributed by atoms with E-state index in [-0.39, 0.29) is 29.9 Å². The molecule has 1 aromatic carbocycles. The number of hydrogen-bond acceptors (Lipinski definition) is 5. The molecule has 1 saturated heterocycles. The standard InChI is InChI=1S/C17H19FN4O2S.ClH/c1-21(16(23)12-10-25-15(20-12)6-8-19)14-7-9-22(17(14)24)13-5-3-2-4-11(13)18;/h2-5,10,14H,6-9,19H2,1H3;1H. The SMILES string of the molecule is CN(C(=O)c1csc(CCN)n1)C1CCN(c2ccccc2F)C1=O.Cl. The van der Waals surface area contributed by atoms with E-state index in [2.05, 4.69) is 4.98 Å². The van der Waals surface area contributed by atoms with Gasteiger partial charge in [-0.3, -0.25) is 9.59 Å². The van der Waals surface area contributed by atoms with Crippen LogP contribution in [-0.2, 0) is 11.2 Å². The lowest BCUT2D eigenvalue weighted by molar-refractivity contribution is -0.120. The van der Waals surface area contributed by atoms with E-state index in [4.69, 9.17) is 5.73 Å². The maximum atomic E-state index is 13.9. The second-order valence-electron chi connectivity index (χ2n) is 5.83. The summed E-state index contributed by atoms with van der Waals surface area (Å²) >= 11 is 1.38. The molecule has 0 radical (unpaired) electrons. The number of rotatable bonds is 5. The number of carbonyl (C=O) groups is 2. The number of amides is 2. The second-order valence-corrected chi connectivity index (χ2v) is 6.77. The molecule has 0 spiro atoms. The summed E-state index contributed by atoms with van der Waals surface area (Å²) < 4.78 is 13.9. The van der Waals surface area contributed by atoms with Crippen molar-refractivity contribution in [3.8, 4) is 0 Å². The number of anilines is 1. The number of likely N-dealkylation sites (N-methyl/N-ethyl adjacent to an activating group) is 1. The Hall–Kier alpha value is -2.03. The number of hydrogen-bond donors (Lipinski definition) is 1. The third-order valence-corrected chi connectivity index (χ3v) is 5.15. The number of aromatic nitrogens is 1. The molecular weight excluding hydrogens is 379 g/mol. The monoisotopic (exact) mass is 398 g/mol. The molecule has 0 saturated carbocycles. The van der Waals surface area contributed by atoms with Crippen molar-refractivity contribution >= 4 is 41.2 Å². The number of thiazole rings is 1. The van der Waals surface area contributed by atoms with Gasteiger partial charge in [0.05, 0.1) is 10.7 Å². The molecule has 1 atom stereocenters.